The summed E-state index contributed by atoms with van der Waals surface area (Å²) in [6, 6.07) is 38.6. The molecule has 0 unspecified atom stereocenters. The molecule has 4 aromatic carbocycles. The van der Waals surface area contributed by atoms with Crippen molar-refractivity contribution in [2.24, 2.45) is 4.99 Å². The van der Waals surface area contributed by atoms with E-state index >= 15 is 0 Å². The third-order valence-electron chi connectivity index (χ3n) is 5.65. The number of benzene rings is 4. The maximum atomic E-state index is 6.52. The number of rotatable bonds is 5. The number of hydrogen-bond acceptors (Lipinski definition) is 3. The number of nitrogens with zero attached hydrogens (tertiary/aromatic N) is 1. The normalized spacial score (nSPS) is 15.8. The highest BCUT2D eigenvalue weighted by atomic mass is 16.5. The first-order valence-corrected chi connectivity index (χ1v) is 10.6. The monoisotopic (exact) mass is 417 g/mol. The van der Waals surface area contributed by atoms with Crippen molar-refractivity contribution < 1.29 is 9.47 Å². The van der Waals surface area contributed by atoms with E-state index in [1.807, 2.05) is 78.9 Å². The van der Waals surface area contributed by atoms with Gasteiger partial charge in [-0.15, -0.1) is 0 Å². The molecule has 5 rings (SSSR count). The van der Waals surface area contributed by atoms with E-state index in [4.69, 9.17) is 14.5 Å². The molecule has 0 amide bonds. The van der Waals surface area contributed by atoms with Gasteiger partial charge in [0.2, 0.25) is 5.90 Å². The zero-order valence-electron chi connectivity index (χ0n) is 17.8. The van der Waals surface area contributed by atoms with Crippen molar-refractivity contribution in [3.8, 4) is 5.75 Å². The lowest BCUT2D eigenvalue weighted by Gasteiger charge is -2.27. The van der Waals surface area contributed by atoms with Gasteiger partial charge in [-0.1, -0.05) is 91.0 Å². The van der Waals surface area contributed by atoms with Gasteiger partial charge in [-0.2, -0.15) is 0 Å². The molecule has 156 valence electrons. The summed E-state index contributed by atoms with van der Waals surface area (Å²) in [5, 5.41) is 0. The fourth-order valence-corrected chi connectivity index (χ4v) is 4.04. The molecule has 1 aliphatic heterocycles. The second kappa shape index (κ2) is 8.56. The van der Waals surface area contributed by atoms with E-state index in [0.717, 1.165) is 33.8 Å². The molecule has 3 nitrogen and oxygen atoms in total. The molecule has 0 spiro atoms. The van der Waals surface area contributed by atoms with Crippen LogP contribution >= 0.6 is 0 Å². The number of aliphatic imine (C=N–C) groups is 1. The van der Waals surface area contributed by atoms with Crippen molar-refractivity contribution in [2.75, 3.05) is 7.11 Å². The summed E-state index contributed by atoms with van der Waals surface area (Å²) in [7, 11) is 1.66. The second-order valence-electron chi connectivity index (χ2n) is 7.61. The first kappa shape index (κ1) is 19.8. The lowest BCUT2D eigenvalue weighted by Crippen LogP contribution is -2.25. The van der Waals surface area contributed by atoms with E-state index in [-0.39, 0.29) is 0 Å². The van der Waals surface area contributed by atoms with Crippen molar-refractivity contribution in [1.82, 2.24) is 0 Å². The van der Waals surface area contributed by atoms with Gasteiger partial charge in [0.15, 0.2) is 5.54 Å². The van der Waals surface area contributed by atoms with E-state index < -0.39 is 5.54 Å². The molecule has 0 bridgehead atoms. The van der Waals surface area contributed by atoms with E-state index in [2.05, 4.69) is 42.5 Å². The molecule has 0 fully saturated rings. The Morgan fingerprint density at radius 3 is 1.75 bits per heavy atom. The van der Waals surface area contributed by atoms with Crippen molar-refractivity contribution in [1.29, 1.82) is 0 Å². The second-order valence-corrected chi connectivity index (χ2v) is 7.61. The van der Waals surface area contributed by atoms with Crippen LogP contribution in [0.2, 0.25) is 0 Å². The molecule has 32 heavy (non-hydrogen) atoms. The van der Waals surface area contributed by atoms with Crippen molar-refractivity contribution >= 4 is 12.0 Å². The maximum Gasteiger partial charge on any atom is 0.223 e. The number of hydrogen-bond donors (Lipinski definition) is 0. The highest BCUT2D eigenvalue weighted by molar-refractivity contribution is 5.98. The fourth-order valence-electron chi connectivity index (χ4n) is 4.04. The van der Waals surface area contributed by atoms with Crippen molar-refractivity contribution in [3.63, 3.8) is 0 Å². The summed E-state index contributed by atoms with van der Waals surface area (Å²) in [6.07, 6.45) is 2.08. The van der Waals surface area contributed by atoms with Gasteiger partial charge >= 0.3 is 0 Å². The molecule has 0 N–H and O–H groups in total. The SMILES string of the molecule is COc1ccc(C2=NC(c3ccccc3)(c3ccccc3)/C(=C/c3ccccc3)O2)cc1. The molecule has 1 aliphatic rings. The third-order valence-corrected chi connectivity index (χ3v) is 5.65. The van der Waals surface area contributed by atoms with Gasteiger partial charge in [0.05, 0.1) is 7.11 Å². The molecule has 4 aromatic rings. The molecule has 0 radical (unpaired) electrons. The van der Waals surface area contributed by atoms with Crippen LogP contribution in [-0.2, 0) is 10.3 Å². The maximum absolute atomic E-state index is 6.52. The summed E-state index contributed by atoms with van der Waals surface area (Å²) in [5.74, 6) is 2.15. The van der Waals surface area contributed by atoms with E-state index in [1.54, 1.807) is 7.11 Å². The Hall–Kier alpha value is -4.11. The summed E-state index contributed by atoms with van der Waals surface area (Å²) >= 11 is 0. The van der Waals surface area contributed by atoms with Crippen LogP contribution in [0.1, 0.15) is 22.3 Å². The van der Waals surface area contributed by atoms with Gasteiger partial charge in [-0.05, 0) is 47.0 Å². The topological polar surface area (TPSA) is 30.8 Å². The standard InChI is InChI=1S/C29H23NO2/c1-31-26-19-17-23(18-20-26)28-30-29(24-13-7-3-8-14-24,25-15-9-4-10-16-25)27(32-28)21-22-11-5-2-6-12-22/h2-21H,1H3/b27-21-. The zero-order valence-corrected chi connectivity index (χ0v) is 17.8. The van der Waals surface area contributed by atoms with Crippen molar-refractivity contribution in [3.05, 3.63) is 143 Å². The quantitative estimate of drug-likeness (QED) is 0.373. The predicted octanol–water partition coefficient (Wildman–Crippen LogP) is 6.46. The molecular formula is C29H23NO2. The van der Waals surface area contributed by atoms with Crippen LogP contribution in [0.25, 0.3) is 6.08 Å². The predicted molar refractivity (Wildman–Crippen MR) is 129 cm³/mol. The molecular weight excluding hydrogens is 394 g/mol. The number of ether oxygens (including phenoxy) is 2. The molecule has 0 saturated heterocycles. The third kappa shape index (κ3) is 3.58. The zero-order chi connectivity index (χ0) is 21.8. The van der Waals surface area contributed by atoms with Crippen LogP contribution in [0.3, 0.4) is 0 Å². The van der Waals surface area contributed by atoms with Gasteiger partial charge in [0.1, 0.15) is 11.5 Å². The number of methoxy groups -OCH3 is 1. The molecule has 0 aromatic heterocycles. The van der Waals surface area contributed by atoms with Gasteiger partial charge in [0.25, 0.3) is 0 Å². The Kier molecular flexibility index (Phi) is 5.30. The van der Waals surface area contributed by atoms with Crippen LogP contribution < -0.4 is 4.74 Å². The van der Waals surface area contributed by atoms with Crippen molar-refractivity contribution in [2.45, 2.75) is 5.54 Å². The Labute approximate surface area is 188 Å². The average Bonchev–Trinajstić information content (AvgIpc) is 3.26. The van der Waals surface area contributed by atoms with Crippen LogP contribution in [0.5, 0.6) is 5.75 Å². The Bertz CT molecular complexity index is 1210. The largest absolute Gasteiger partial charge is 0.497 e. The first-order chi connectivity index (χ1) is 15.8. The summed E-state index contributed by atoms with van der Waals surface area (Å²) in [5.41, 5.74) is 3.28. The highest BCUT2D eigenvalue weighted by Crippen LogP contribution is 2.46. The molecule has 3 heteroatoms. The van der Waals surface area contributed by atoms with Crippen LogP contribution in [-0.4, -0.2) is 13.0 Å². The van der Waals surface area contributed by atoms with Crippen LogP contribution in [0.4, 0.5) is 0 Å². The molecule has 0 saturated carbocycles. The van der Waals surface area contributed by atoms with E-state index in [9.17, 15) is 0 Å². The lowest BCUT2D eigenvalue weighted by atomic mass is 9.81. The van der Waals surface area contributed by atoms with E-state index in [0.29, 0.717) is 5.90 Å². The first-order valence-electron chi connectivity index (χ1n) is 10.6. The van der Waals surface area contributed by atoms with Gasteiger partial charge in [0, 0.05) is 5.56 Å². The molecule has 0 atom stereocenters. The Morgan fingerprint density at radius 2 is 1.22 bits per heavy atom. The smallest absolute Gasteiger partial charge is 0.223 e. The minimum absolute atomic E-state index is 0.586. The highest BCUT2D eigenvalue weighted by Gasteiger charge is 2.45. The van der Waals surface area contributed by atoms with Crippen LogP contribution in [0, 0.1) is 0 Å². The van der Waals surface area contributed by atoms with Crippen LogP contribution in [0.15, 0.2) is 126 Å². The minimum Gasteiger partial charge on any atom is -0.497 e. The Balaban J connectivity index is 1.75. The summed E-state index contributed by atoms with van der Waals surface area (Å²) < 4.78 is 11.8. The van der Waals surface area contributed by atoms with Gasteiger partial charge in [-0.25, -0.2) is 4.99 Å². The average molecular weight is 418 g/mol. The summed E-state index contributed by atoms with van der Waals surface area (Å²) in [6.45, 7) is 0. The molecule has 0 aliphatic carbocycles. The summed E-state index contributed by atoms with van der Waals surface area (Å²) in [4.78, 5) is 5.25. The van der Waals surface area contributed by atoms with Gasteiger partial charge in [-0.3, -0.25) is 0 Å². The lowest BCUT2D eigenvalue weighted by molar-refractivity contribution is 0.391. The van der Waals surface area contributed by atoms with Gasteiger partial charge < -0.3 is 9.47 Å². The van der Waals surface area contributed by atoms with E-state index in [1.165, 1.54) is 0 Å². The molecule has 1 heterocycles. The fraction of sp³-hybridized carbons (Fsp3) is 0.0690. The minimum atomic E-state index is -0.784. The Morgan fingerprint density at radius 1 is 0.688 bits per heavy atom.